The van der Waals surface area contributed by atoms with Crippen LogP contribution in [-0.4, -0.2) is 23.1 Å². The summed E-state index contributed by atoms with van der Waals surface area (Å²) in [6.07, 6.45) is 7.10. The van der Waals surface area contributed by atoms with E-state index in [-0.39, 0.29) is 0 Å². The molecule has 17 heavy (non-hydrogen) atoms. The van der Waals surface area contributed by atoms with Crippen LogP contribution < -0.4 is 16.2 Å². The molecule has 0 radical (unpaired) electrons. The van der Waals surface area contributed by atoms with E-state index in [9.17, 15) is 0 Å². The molecule has 0 aliphatic carbocycles. The van der Waals surface area contributed by atoms with Gasteiger partial charge in [-0.2, -0.15) is 0 Å². The Bertz CT molecular complexity index is 371. The molecule has 0 aromatic carbocycles. The number of nitrogens with one attached hydrogen (secondary N) is 1. The molecule has 1 saturated heterocycles. The van der Waals surface area contributed by atoms with E-state index in [1.807, 2.05) is 0 Å². The first-order valence-electron chi connectivity index (χ1n) is 6.20. The van der Waals surface area contributed by atoms with Gasteiger partial charge in [0.05, 0.1) is 12.4 Å². The zero-order valence-electron chi connectivity index (χ0n) is 10.6. The average molecular weight is 235 g/mol. The van der Waals surface area contributed by atoms with Crippen LogP contribution in [0.5, 0.6) is 0 Å². The molecule has 1 fully saturated rings. The Labute approximate surface area is 102 Å². The number of hydrogen-bond acceptors (Lipinski definition) is 5. The molecule has 3 N–H and O–H groups in total. The van der Waals surface area contributed by atoms with Crippen LogP contribution in [0.2, 0.25) is 0 Å². The van der Waals surface area contributed by atoms with E-state index < -0.39 is 0 Å². The first-order chi connectivity index (χ1) is 8.17. The lowest BCUT2D eigenvalue weighted by molar-refractivity contribution is 0.238. The fourth-order valence-electron chi connectivity index (χ4n) is 2.21. The first-order valence-corrected chi connectivity index (χ1v) is 6.20. The van der Waals surface area contributed by atoms with E-state index in [1.165, 1.54) is 19.3 Å². The molecule has 0 unspecified atom stereocenters. The van der Waals surface area contributed by atoms with Crippen molar-refractivity contribution in [3.63, 3.8) is 0 Å². The quantitative estimate of drug-likeness (QED) is 0.617. The van der Waals surface area contributed by atoms with Crippen molar-refractivity contribution in [2.24, 2.45) is 11.3 Å². The summed E-state index contributed by atoms with van der Waals surface area (Å²) >= 11 is 0. The third-order valence-electron chi connectivity index (χ3n) is 3.92. The fraction of sp³-hybridized carbons (Fsp3) is 0.667. The van der Waals surface area contributed by atoms with Gasteiger partial charge in [0, 0.05) is 13.1 Å². The maximum Gasteiger partial charge on any atom is 0.160 e. The number of hydrogen-bond donors (Lipinski definition) is 2. The summed E-state index contributed by atoms with van der Waals surface area (Å²) in [5.41, 5.74) is 3.03. The summed E-state index contributed by atoms with van der Waals surface area (Å²) in [6, 6.07) is 0. The van der Waals surface area contributed by atoms with Crippen LogP contribution in [-0.2, 0) is 0 Å². The van der Waals surface area contributed by atoms with Gasteiger partial charge in [0.2, 0.25) is 0 Å². The third kappa shape index (κ3) is 2.66. The molecule has 1 aliphatic rings. The second-order valence-electron chi connectivity index (χ2n) is 5.06. The second-order valence-corrected chi connectivity index (χ2v) is 5.06. The zero-order valence-corrected chi connectivity index (χ0v) is 10.6. The number of rotatable bonds is 3. The molecule has 0 saturated carbocycles. The van der Waals surface area contributed by atoms with Crippen LogP contribution in [0.25, 0.3) is 0 Å². The number of piperidine rings is 1. The van der Waals surface area contributed by atoms with Crippen LogP contribution in [0, 0.1) is 5.41 Å². The molecule has 1 aliphatic heterocycles. The van der Waals surface area contributed by atoms with Gasteiger partial charge in [0.15, 0.2) is 5.82 Å². The highest BCUT2D eigenvalue weighted by Gasteiger charge is 2.28. The highest BCUT2D eigenvalue weighted by molar-refractivity contribution is 5.43. The monoisotopic (exact) mass is 235 g/mol. The van der Waals surface area contributed by atoms with Crippen molar-refractivity contribution in [3.05, 3.63) is 12.4 Å². The SMILES string of the molecule is CCC1(C)CCN(c2cncc(NN)n2)CC1. The van der Waals surface area contributed by atoms with E-state index in [1.54, 1.807) is 12.4 Å². The molecule has 0 atom stereocenters. The van der Waals surface area contributed by atoms with Gasteiger partial charge < -0.3 is 10.3 Å². The van der Waals surface area contributed by atoms with Crippen LogP contribution in [0.15, 0.2) is 12.4 Å². The number of nitrogen functional groups attached to an aromatic ring is 1. The molecule has 5 heteroatoms. The number of aromatic nitrogens is 2. The summed E-state index contributed by atoms with van der Waals surface area (Å²) in [5.74, 6) is 6.87. The first kappa shape index (κ1) is 12.1. The highest BCUT2D eigenvalue weighted by Crippen LogP contribution is 2.35. The van der Waals surface area contributed by atoms with Crippen LogP contribution in [0.1, 0.15) is 33.1 Å². The Hall–Kier alpha value is -1.36. The minimum Gasteiger partial charge on any atom is -0.355 e. The lowest BCUT2D eigenvalue weighted by Crippen LogP contribution is -2.39. The third-order valence-corrected chi connectivity index (χ3v) is 3.92. The van der Waals surface area contributed by atoms with Gasteiger partial charge >= 0.3 is 0 Å². The van der Waals surface area contributed by atoms with E-state index in [0.717, 1.165) is 18.9 Å². The van der Waals surface area contributed by atoms with E-state index >= 15 is 0 Å². The van der Waals surface area contributed by atoms with Crippen molar-refractivity contribution in [1.82, 2.24) is 9.97 Å². The molecule has 0 amide bonds. The number of anilines is 2. The van der Waals surface area contributed by atoms with Gasteiger partial charge in [-0.05, 0) is 18.3 Å². The molecular weight excluding hydrogens is 214 g/mol. The van der Waals surface area contributed by atoms with Crippen molar-refractivity contribution in [2.45, 2.75) is 33.1 Å². The maximum absolute atomic E-state index is 5.34. The molecular formula is C12H21N5. The molecule has 1 aromatic rings. The average Bonchev–Trinajstić information content (AvgIpc) is 2.40. The fourth-order valence-corrected chi connectivity index (χ4v) is 2.21. The summed E-state index contributed by atoms with van der Waals surface area (Å²) < 4.78 is 0. The van der Waals surface area contributed by atoms with Crippen molar-refractivity contribution < 1.29 is 0 Å². The predicted molar refractivity (Wildman–Crippen MR) is 69.7 cm³/mol. The molecule has 2 rings (SSSR count). The normalized spacial score (nSPS) is 19.1. The van der Waals surface area contributed by atoms with Crippen LogP contribution in [0.4, 0.5) is 11.6 Å². The molecule has 1 aromatic heterocycles. The Kier molecular flexibility index (Phi) is 3.47. The zero-order chi connectivity index (χ0) is 12.3. The Morgan fingerprint density at radius 3 is 2.71 bits per heavy atom. The lowest BCUT2D eigenvalue weighted by Gasteiger charge is -2.39. The van der Waals surface area contributed by atoms with Crippen molar-refractivity contribution >= 4 is 11.6 Å². The Morgan fingerprint density at radius 1 is 1.41 bits per heavy atom. The largest absolute Gasteiger partial charge is 0.355 e. The number of nitrogens with zero attached hydrogens (tertiary/aromatic N) is 3. The Balaban J connectivity index is 2.05. The molecule has 94 valence electrons. The minimum absolute atomic E-state index is 0.494. The van der Waals surface area contributed by atoms with Crippen molar-refractivity contribution in [2.75, 3.05) is 23.4 Å². The van der Waals surface area contributed by atoms with Gasteiger partial charge in [-0.15, -0.1) is 0 Å². The number of nitrogens with two attached hydrogens (primary N) is 1. The minimum atomic E-state index is 0.494. The lowest BCUT2D eigenvalue weighted by atomic mass is 9.78. The standard InChI is InChI=1S/C12H21N5/c1-3-12(2)4-6-17(7-5-12)11-9-14-8-10(15-11)16-13/h8-9H,3-7,13H2,1-2H3,(H,15,16). The van der Waals surface area contributed by atoms with Crippen molar-refractivity contribution in [3.8, 4) is 0 Å². The molecule has 2 heterocycles. The molecule has 0 spiro atoms. The van der Waals surface area contributed by atoms with Gasteiger partial charge in [-0.1, -0.05) is 20.3 Å². The van der Waals surface area contributed by atoms with Gasteiger partial charge in [-0.3, -0.25) is 4.98 Å². The van der Waals surface area contributed by atoms with Gasteiger partial charge in [0.1, 0.15) is 5.82 Å². The van der Waals surface area contributed by atoms with E-state index in [2.05, 4.69) is 34.1 Å². The van der Waals surface area contributed by atoms with Gasteiger partial charge in [-0.25, -0.2) is 10.8 Å². The van der Waals surface area contributed by atoms with Crippen LogP contribution >= 0.6 is 0 Å². The maximum atomic E-state index is 5.34. The smallest absolute Gasteiger partial charge is 0.160 e. The summed E-state index contributed by atoms with van der Waals surface area (Å²) in [6.45, 7) is 6.74. The highest BCUT2D eigenvalue weighted by atomic mass is 15.3. The predicted octanol–water partition coefficient (Wildman–Crippen LogP) is 1.78. The number of hydrazine groups is 1. The van der Waals surface area contributed by atoms with E-state index in [0.29, 0.717) is 11.2 Å². The summed E-state index contributed by atoms with van der Waals surface area (Å²) in [7, 11) is 0. The van der Waals surface area contributed by atoms with Crippen LogP contribution in [0.3, 0.4) is 0 Å². The summed E-state index contributed by atoms with van der Waals surface area (Å²) in [5, 5.41) is 0. The Morgan fingerprint density at radius 2 is 2.12 bits per heavy atom. The second kappa shape index (κ2) is 4.87. The topological polar surface area (TPSA) is 67.1 Å². The molecule has 0 bridgehead atoms. The molecule has 5 nitrogen and oxygen atoms in total. The van der Waals surface area contributed by atoms with Gasteiger partial charge in [0.25, 0.3) is 0 Å². The van der Waals surface area contributed by atoms with Crippen molar-refractivity contribution in [1.29, 1.82) is 0 Å². The summed E-state index contributed by atoms with van der Waals surface area (Å²) in [4.78, 5) is 10.8. The van der Waals surface area contributed by atoms with E-state index in [4.69, 9.17) is 5.84 Å².